The van der Waals surface area contributed by atoms with Crippen molar-refractivity contribution in [3.63, 3.8) is 0 Å². The molecule has 1 aliphatic rings. The molecule has 2 rings (SSSR count). The molecule has 1 aromatic carbocycles. The number of nitrogens with two attached hydrogens (primary N) is 1. The molecule has 0 saturated carbocycles. The monoisotopic (exact) mass is 395 g/mol. The summed E-state index contributed by atoms with van der Waals surface area (Å²) >= 11 is 0. The van der Waals surface area contributed by atoms with Crippen LogP contribution in [0.5, 0.6) is 0 Å². The normalized spacial score (nSPS) is 16.2. The molecule has 150 valence electrons. The van der Waals surface area contributed by atoms with Crippen molar-refractivity contribution in [2.75, 3.05) is 19.6 Å². The Kier molecular flexibility index (Phi) is 6.64. The molecule has 1 fully saturated rings. The summed E-state index contributed by atoms with van der Waals surface area (Å²) in [5, 5.41) is 7.89. The second-order valence-corrected chi connectivity index (χ2v) is 9.36. The summed E-state index contributed by atoms with van der Waals surface area (Å²) in [6.07, 6.45) is 2.47. The van der Waals surface area contributed by atoms with Crippen LogP contribution >= 0.6 is 0 Å². The lowest BCUT2D eigenvalue weighted by Gasteiger charge is -2.35. The molecule has 2 amide bonds. The van der Waals surface area contributed by atoms with Gasteiger partial charge in [-0.25, -0.2) is 13.6 Å². The van der Waals surface area contributed by atoms with Crippen LogP contribution in [0.2, 0.25) is 0 Å². The number of nitrogens with zero attached hydrogens (tertiary/aromatic N) is 1. The second kappa shape index (κ2) is 8.39. The lowest BCUT2D eigenvalue weighted by atomic mass is 9.88. The predicted molar refractivity (Wildman–Crippen MR) is 103 cm³/mol. The van der Waals surface area contributed by atoms with Gasteiger partial charge in [0, 0.05) is 19.6 Å². The van der Waals surface area contributed by atoms with Gasteiger partial charge in [-0.1, -0.05) is 19.1 Å². The van der Waals surface area contributed by atoms with Gasteiger partial charge in [0.05, 0.1) is 4.90 Å². The number of rotatable bonds is 6. The van der Waals surface area contributed by atoms with E-state index in [2.05, 4.69) is 12.2 Å². The van der Waals surface area contributed by atoms with Crippen LogP contribution in [-0.2, 0) is 26.0 Å². The van der Waals surface area contributed by atoms with E-state index in [1.165, 1.54) is 12.1 Å². The Hall–Kier alpha value is -1.93. The van der Waals surface area contributed by atoms with Crippen LogP contribution < -0.4 is 10.5 Å². The molecule has 0 unspecified atom stereocenters. The maximum atomic E-state index is 12.7. The summed E-state index contributed by atoms with van der Waals surface area (Å²) < 4.78 is 22.5. The van der Waals surface area contributed by atoms with Crippen molar-refractivity contribution in [2.45, 2.75) is 44.9 Å². The minimum absolute atomic E-state index is 0.0536. The fraction of sp³-hybridized carbons (Fsp3) is 0.579. The highest BCUT2D eigenvalue weighted by Crippen LogP contribution is 2.24. The first-order valence-corrected chi connectivity index (χ1v) is 10.8. The van der Waals surface area contributed by atoms with Gasteiger partial charge in [0.25, 0.3) is 0 Å². The quantitative estimate of drug-likeness (QED) is 0.707. The van der Waals surface area contributed by atoms with Crippen molar-refractivity contribution in [1.29, 1.82) is 0 Å². The first kappa shape index (κ1) is 21.4. The Morgan fingerprint density at radius 2 is 1.74 bits per heavy atom. The molecule has 0 bridgehead atoms. The van der Waals surface area contributed by atoms with Crippen LogP contribution in [0.4, 0.5) is 0 Å². The van der Waals surface area contributed by atoms with Gasteiger partial charge in [0.15, 0.2) is 0 Å². The Labute approximate surface area is 161 Å². The van der Waals surface area contributed by atoms with E-state index < -0.39 is 15.4 Å². The van der Waals surface area contributed by atoms with Crippen molar-refractivity contribution in [2.24, 2.45) is 16.5 Å². The predicted octanol–water partition coefficient (Wildman–Crippen LogP) is 1.28. The molecule has 0 atom stereocenters. The Bertz CT molecular complexity index is 780. The van der Waals surface area contributed by atoms with E-state index in [9.17, 15) is 18.0 Å². The number of hydrogen-bond acceptors (Lipinski definition) is 4. The fourth-order valence-corrected chi connectivity index (χ4v) is 3.61. The number of amides is 2. The van der Waals surface area contributed by atoms with Gasteiger partial charge in [-0.05, 0) is 56.7 Å². The van der Waals surface area contributed by atoms with Crippen LogP contribution in [0.25, 0.3) is 0 Å². The van der Waals surface area contributed by atoms with Crippen LogP contribution in [0, 0.1) is 11.3 Å². The molecule has 27 heavy (non-hydrogen) atoms. The number of sulfonamides is 1. The molecule has 1 aliphatic heterocycles. The van der Waals surface area contributed by atoms with Crippen LogP contribution in [0.3, 0.4) is 0 Å². The highest BCUT2D eigenvalue weighted by Gasteiger charge is 2.39. The van der Waals surface area contributed by atoms with E-state index in [4.69, 9.17) is 5.14 Å². The summed E-state index contributed by atoms with van der Waals surface area (Å²) in [7, 11) is -3.71. The largest absolute Gasteiger partial charge is 0.355 e. The molecule has 0 spiro atoms. The van der Waals surface area contributed by atoms with Gasteiger partial charge in [-0.2, -0.15) is 0 Å². The molecular formula is C19H29N3O4S. The number of nitrogens with one attached hydrogen (secondary N) is 1. The number of hydrogen-bond donors (Lipinski definition) is 2. The SMILES string of the molecule is CC1CCN(C(=O)C(C)(C)C(=O)NCCc2ccc(S(N)(=O)=O)cc2)CC1. The van der Waals surface area contributed by atoms with E-state index in [1.54, 1.807) is 30.9 Å². The summed E-state index contributed by atoms with van der Waals surface area (Å²) in [5.41, 5.74) is -0.241. The van der Waals surface area contributed by atoms with Gasteiger partial charge in [0.2, 0.25) is 21.8 Å². The zero-order valence-electron chi connectivity index (χ0n) is 16.2. The molecule has 0 radical (unpaired) electrons. The van der Waals surface area contributed by atoms with E-state index in [1.807, 2.05) is 0 Å². The maximum Gasteiger partial charge on any atom is 0.238 e. The standard InChI is InChI=1S/C19H29N3O4S/c1-14-9-12-22(13-10-14)18(24)19(2,3)17(23)21-11-8-15-4-6-16(7-5-15)27(20,25)26/h4-7,14H,8-13H2,1-3H3,(H,21,23)(H2,20,25,26). The zero-order chi connectivity index (χ0) is 20.2. The van der Waals surface area contributed by atoms with E-state index in [-0.39, 0.29) is 16.7 Å². The number of likely N-dealkylation sites (tertiary alicyclic amines) is 1. The third-order valence-corrected chi connectivity index (χ3v) is 6.05. The Morgan fingerprint density at radius 1 is 1.19 bits per heavy atom. The van der Waals surface area contributed by atoms with Gasteiger partial charge in [-0.3, -0.25) is 9.59 Å². The minimum Gasteiger partial charge on any atom is -0.355 e. The molecule has 8 heteroatoms. The first-order chi connectivity index (χ1) is 12.5. The maximum absolute atomic E-state index is 12.7. The average Bonchev–Trinajstić information content (AvgIpc) is 2.61. The van der Waals surface area contributed by atoms with Crippen LogP contribution in [0.15, 0.2) is 29.2 Å². The number of carbonyl (C=O) groups excluding carboxylic acids is 2. The second-order valence-electron chi connectivity index (χ2n) is 7.79. The molecule has 0 aromatic heterocycles. The van der Waals surface area contributed by atoms with Gasteiger partial charge in [0.1, 0.15) is 5.41 Å². The number of piperidine rings is 1. The Balaban J connectivity index is 1.87. The average molecular weight is 396 g/mol. The Morgan fingerprint density at radius 3 is 2.26 bits per heavy atom. The van der Waals surface area contributed by atoms with Gasteiger partial charge < -0.3 is 10.2 Å². The van der Waals surface area contributed by atoms with Crippen molar-refractivity contribution >= 4 is 21.8 Å². The molecule has 3 N–H and O–H groups in total. The molecule has 1 aromatic rings. The van der Waals surface area contributed by atoms with Gasteiger partial charge in [-0.15, -0.1) is 0 Å². The molecule has 0 aliphatic carbocycles. The number of carbonyl (C=O) groups is 2. The van der Waals surface area contributed by atoms with E-state index in [0.29, 0.717) is 32.0 Å². The van der Waals surface area contributed by atoms with Crippen LogP contribution in [0.1, 0.15) is 39.2 Å². The third kappa shape index (κ3) is 5.52. The summed E-state index contributed by atoms with van der Waals surface area (Å²) in [6, 6.07) is 6.21. The van der Waals surface area contributed by atoms with E-state index in [0.717, 1.165) is 18.4 Å². The third-order valence-electron chi connectivity index (χ3n) is 5.12. The topological polar surface area (TPSA) is 110 Å². The summed E-state index contributed by atoms with van der Waals surface area (Å²) in [6.45, 7) is 7.25. The van der Waals surface area contributed by atoms with E-state index >= 15 is 0 Å². The highest BCUT2D eigenvalue weighted by molar-refractivity contribution is 7.89. The van der Waals surface area contributed by atoms with Crippen LogP contribution in [-0.4, -0.2) is 44.8 Å². The minimum atomic E-state index is -3.71. The van der Waals surface area contributed by atoms with Gasteiger partial charge >= 0.3 is 0 Å². The zero-order valence-corrected chi connectivity index (χ0v) is 17.0. The molecule has 7 nitrogen and oxygen atoms in total. The van der Waals surface area contributed by atoms with Crippen molar-refractivity contribution in [1.82, 2.24) is 10.2 Å². The fourth-order valence-electron chi connectivity index (χ4n) is 3.09. The lowest BCUT2D eigenvalue weighted by Crippen LogP contribution is -2.51. The molecule has 1 saturated heterocycles. The summed E-state index contributed by atoms with van der Waals surface area (Å²) in [5.74, 6) is 0.184. The first-order valence-electron chi connectivity index (χ1n) is 9.21. The molecule has 1 heterocycles. The number of primary sulfonamides is 1. The summed E-state index contributed by atoms with van der Waals surface area (Å²) in [4.78, 5) is 27.1. The highest BCUT2D eigenvalue weighted by atomic mass is 32.2. The van der Waals surface area contributed by atoms with Crippen molar-refractivity contribution < 1.29 is 18.0 Å². The molecular weight excluding hydrogens is 366 g/mol. The smallest absolute Gasteiger partial charge is 0.238 e. The number of benzene rings is 1. The van der Waals surface area contributed by atoms with Crippen molar-refractivity contribution in [3.05, 3.63) is 29.8 Å². The lowest BCUT2D eigenvalue weighted by molar-refractivity contribution is -0.149. The van der Waals surface area contributed by atoms with Crippen molar-refractivity contribution in [3.8, 4) is 0 Å².